The van der Waals surface area contributed by atoms with Gasteiger partial charge in [-0.15, -0.1) is 0 Å². The minimum absolute atomic E-state index is 0.440. The van der Waals surface area contributed by atoms with Crippen molar-refractivity contribution in [3.8, 4) is 0 Å². The highest BCUT2D eigenvalue weighted by atomic mass is 35.5. The number of alkyl halides is 1. The average Bonchev–Trinajstić information content (AvgIpc) is 2.52. The summed E-state index contributed by atoms with van der Waals surface area (Å²) in [5.74, 6) is -0.0624. The monoisotopic (exact) mass is 206 g/mol. The molecule has 1 rings (SSSR count). The molecule has 0 amide bonds. The normalized spacial score (nSPS) is 37.7. The maximum Gasteiger partial charge on any atom is 0.357 e. The van der Waals surface area contributed by atoms with E-state index in [2.05, 4.69) is 18.6 Å². The lowest BCUT2D eigenvalue weighted by Crippen LogP contribution is -2.29. The summed E-state index contributed by atoms with van der Waals surface area (Å²) in [6.45, 7) is 5.94. The number of hydrogen-bond acceptors (Lipinski definition) is 3. The molecule has 3 nitrogen and oxygen atoms in total. The van der Waals surface area contributed by atoms with Crippen molar-refractivity contribution in [1.82, 2.24) is 0 Å². The van der Waals surface area contributed by atoms with Crippen LogP contribution in [0.4, 0.5) is 0 Å². The highest BCUT2D eigenvalue weighted by Gasteiger charge is 2.72. The molecule has 0 saturated carbocycles. The molecule has 0 aromatic carbocycles. The zero-order valence-corrected chi connectivity index (χ0v) is 9.14. The van der Waals surface area contributed by atoms with Crippen LogP contribution >= 0.6 is 11.6 Å². The van der Waals surface area contributed by atoms with Gasteiger partial charge in [-0.05, 0) is 19.3 Å². The number of epoxide rings is 1. The van der Waals surface area contributed by atoms with Gasteiger partial charge in [-0.2, -0.15) is 0 Å². The molecule has 1 saturated heterocycles. The van der Waals surface area contributed by atoms with E-state index in [-0.39, 0.29) is 0 Å². The Balaban J connectivity index is 2.64. The number of ether oxygens (including phenoxy) is 2. The lowest BCUT2D eigenvalue weighted by molar-refractivity contribution is -0.143. The number of hydrogen-bond donors (Lipinski definition) is 0. The number of methoxy groups -OCH3 is 1. The fourth-order valence-corrected chi connectivity index (χ4v) is 1.95. The lowest BCUT2D eigenvalue weighted by Gasteiger charge is -2.11. The maximum absolute atomic E-state index is 11.2. The Kier molecular flexibility index (Phi) is 2.61. The molecule has 0 aliphatic carbocycles. The lowest BCUT2D eigenvalue weighted by atomic mass is 9.95. The van der Waals surface area contributed by atoms with Crippen LogP contribution in [0.25, 0.3) is 0 Å². The predicted molar refractivity (Wildman–Crippen MR) is 49.5 cm³/mol. The number of carbonyl (C=O) groups excluding carboxylic acids is 1. The Labute approximate surface area is 83.3 Å². The van der Waals surface area contributed by atoms with Crippen LogP contribution in [0.5, 0.6) is 0 Å². The van der Waals surface area contributed by atoms with E-state index in [0.717, 1.165) is 6.42 Å². The highest BCUT2D eigenvalue weighted by molar-refractivity contribution is 6.35. The van der Waals surface area contributed by atoms with E-state index in [1.165, 1.54) is 7.11 Å². The zero-order chi connectivity index (χ0) is 10.3. The molecule has 2 unspecified atom stereocenters. The van der Waals surface area contributed by atoms with E-state index in [4.69, 9.17) is 16.3 Å². The van der Waals surface area contributed by atoms with Gasteiger partial charge in [0.15, 0.2) is 0 Å². The second-order valence-corrected chi connectivity index (χ2v) is 4.55. The van der Waals surface area contributed by atoms with Gasteiger partial charge in [-0.1, -0.05) is 25.4 Å². The molecule has 13 heavy (non-hydrogen) atoms. The van der Waals surface area contributed by atoms with Gasteiger partial charge in [0.25, 0.3) is 5.06 Å². The van der Waals surface area contributed by atoms with Crippen LogP contribution in [0.2, 0.25) is 0 Å². The zero-order valence-electron chi connectivity index (χ0n) is 8.39. The summed E-state index contributed by atoms with van der Waals surface area (Å²) < 4.78 is 9.80. The largest absolute Gasteiger partial charge is 0.466 e. The Hall–Kier alpha value is -0.280. The molecule has 4 heteroatoms. The molecule has 2 atom stereocenters. The number of esters is 1. The summed E-state index contributed by atoms with van der Waals surface area (Å²) in [5.41, 5.74) is -0.560. The molecule has 1 heterocycles. The third-order valence-electron chi connectivity index (χ3n) is 2.25. The summed E-state index contributed by atoms with van der Waals surface area (Å²) >= 11 is 5.95. The van der Waals surface area contributed by atoms with Crippen LogP contribution in [0.1, 0.15) is 27.2 Å². The molecular weight excluding hydrogens is 192 g/mol. The van der Waals surface area contributed by atoms with Crippen LogP contribution in [0, 0.1) is 5.92 Å². The summed E-state index contributed by atoms with van der Waals surface area (Å²) in [6.07, 6.45) is 0.756. The van der Waals surface area contributed by atoms with E-state index in [9.17, 15) is 4.79 Å². The highest BCUT2D eigenvalue weighted by Crippen LogP contribution is 2.55. The van der Waals surface area contributed by atoms with Crippen LogP contribution in [-0.4, -0.2) is 23.7 Å². The van der Waals surface area contributed by atoms with E-state index >= 15 is 0 Å². The van der Waals surface area contributed by atoms with Crippen LogP contribution in [0.3, 0.4) is 0 Å². The smallest absolute Gasteiger partial charge is 0.357 e. The third kappa shape index (κ3) is 1.67. The van der Waals surface area contributed by atoms with Crippen molar-refractivity contribution in [1.29, 1.82) is 0 Å². The Morgan fingerprint density at radius 2 is 2.15 bits per heavy atom. The molecule has 1 aliphatic heterocycles. The average molecular weight is 207 g/mol. The quantitative estimate of drug-likeness (QED) is 0.402. The van der Waals surface area contributed by atoms with Gasteiger partial charge in [0.05, 0.1) is 7.11 Å². The minimum atomic E-state index is -1.24. The van der Waals surface area contributed by atoms with Crippen molar-refractivity contribution in [2.24, 2.45) is 5.92 Å². The van der Waals surface area contributed by atoms with Crippen molar-refractivity contribution < 1.29 is 14.3 Å². The SMILES string of the molecule is COC(=O)C1(Cl)OC1(C)CC(C)C. The summed E-state index contributed by atoms with van der Waals surface area (Å²) in [5, 5.41) is -1.24. The standard InChI is InChI=1S/C9H15ClO3/c1-6(2)5-8(3)9(10,13-8)7(11)12-4/h6H,5H2,1-4H3. The van der Waals surface area contributed by atoms with Crippen molar-refractivity contribution in [2.45, 2.75) is 37.9 Å². The Morgan fingerprint density at radius 1 is 1.62 bits per heavy atom. The van der Waals surface area contributed by atoms with Gasteiger partial charge >= 0.3 is 5.97 Å². The van der Waals surface area contributed by atoms with Crippen LogP contribution in [-0.2, 0) is 14.3 Å². The first-order valence-electron chi connectivity index (χ1n) is 4.33. The topological polar surface area (TPSA) is 38.8 Å². The molecular formula is C9H15ClO3. The van der Waals surface area contributed by atoms with E-state index in [1.807, 2.05) is 6.92 Å². The minimum Gasteiger partial charge on any atom is -0.466 e. The second kappa shape index (κ2) is 3.14. The molecule has 0 aromatic rings. The summed E-state index contributed by atoms with van der Waals surface area (Å²) in [6, 6.07) is 0. The molecule has 0 bridgehead atoms. The van der Waals surface area contributed by atoms with Crippen molar-refractivity contribution >= 4 is 17.6 Å². The second-order valence-electron chi connectivity index (χ2n) is 4.02. The van der Waals surface area contributed by atoms with Crippen LogP contribution in [0.15, 0.2) is 0 Å². The number of halogens is 1. The fraction of sp³-hybridized carbons (Fsp3) is 0.889. The molecule has 1 aliphatic rings. The summed E-state index contributed by atoms with van der Waals surface area (Å²) in [4.78, 5) is 11.2. The van der Waals surface area contributed by atoms with Gasteiger partial charge in [-0.25, -0.2) is 4.79 Å². The number of carbonyl (C=O) groups is 1. The first-order valence-corrected chi connectivity index (χ1v) is 4.71. The van der Waals surface area contributed by atoms with Gasteiger partial charge in [0, 0.05) is 0 Å². The van der Waals surface area contributed by atoms with Gasteiger partial charge < -0.3 is 9.47 Å². The van der Waals surface area contributed by atoms with Gasteiger partial charge in [0.2, 0.25) is 0 Å². The molecule has 0 aromatic heterocycles. The van der Waals surface area contributed by atoms with Gasteiger partial charge in [-0.3, -0.25) is 0 Å². The first kappa shape index (κ1) is 10.8. The molecule has 0 N–H and O–H groups in total. The van der Waals surface area contributed by atoms with Gasteiger partial charge in [0.1, 0.15) is 5.60 Å². The Bertz CT molecular complexity index is 229. The van der Waals surface area contributed by atoms with E-state index < -0.39 is 16.6 Å². The third-order valence-corrected chi connectivity index (χ3v) is 2.88. The van der Waals surface area contributed by atoms with E-state index in [1.54, 1.807) is 0 Å². The predicted octanol–water partition coefficient (Wildman–Crippen LogP) is 1.93. The first-order chi connectivity index (χ1) is 5.85. The van der Waals surface area contributed by atoms with Crippen LogP contribution < -0.4 is 0 Å². The maximum atomic E-state index is 11.2. The molecule has 1 fully saturated rings. The molecule has 76 valence electrons. The van der Waals surface area contributed by atoms with Crippen molar-refractivity contribution in [2.75, 3.05) is 7.11 Å². The number of rotatable bonds is 3. The Morgan fingerprint density at radius 3 is 2.54 bits per heavy atom. The van der Waals surface area contributed by atoms with Crippen molar-refractivity contribution in [3.63, 3.8) is 0 Å². The van der Waals surface area contributed by atoms with Crippen molar-refractivity contribution in [3.05, 3.63) is 0 Å². The fourth-order valence-electron chi connectivity index (χ4n) is 1.63. The molecule has 0 spiro atoms. The van der Waals surface area contributed by atoms with E-state index in [0.29, 0.717) is 5.92 Å². The molecule has 0 radical (unpaired) electrons. The summed E-state index contributed by atoms with van der Waals surface area (Å²) in [7, 11) is 1.31.